The third-order valence-electron chi connectivity index (χ3n) is 4.32. The maximum atomic E-state index is 12.6. The molecule has 3 heterocycles. The molecule has 1 saturated heterocycles. The first-order valence-electron chi connectivity index (χ1n) is 8.29. The quantitative estimate of drug-likeness (QED) is 0.775. The molecule has 1 amide bonds. The van der Waals surface area contributed by atoms with E-state index in [0.29, 0.717) is 24.7 Å². The Bertz CT molecular complexity index is 916. The van der Waals surface area contributed by atoms with Crippen molar-refractivity contribution in [1.82, 2.24) is 19.7 Å². The van der Waals surface area contributed by atoms with E-state index in [2.05, 4.69) is 10.1 Å². The van der Waals surface area contributed by atoms with Gasteiger partial charge in [0, 0.05) is 24.7 Å². The number of aliphatic hydroxyl groups is 1. The molecule has 0 aliphatic carbocycles. The molecule has 26 heavy (non-hydrogen) atoms. The lowest BCUT2D eigenvalue weighted by molar-refractivity contribution is 0.00547. The molecular formula is C19H18N4O3. The molecule has 0 unspecified atom stereocenters. The molecule has 7 nitrogen and oxygen atoms in total. The topological polar surface area (TPSA) is 80.5 Å². The van der Waals surface area contributed by atoms with Gasteiger partial charge in [0.05, 0.1) is 30.8 Å². The van der Waals surface area contributed by atoms with E-state index in [0.717, 1.165) is 16.9 Å². The maximum absolute atomic E-state index is 12.6. The third kappa shape index (κ3) is 2.93. The van der Waals surface area contributed by atoms with Gasteiger partial charge < -0.3 is 14.7 Å². The van der Waals surface area contributed by atoms with Gasteiger partial charge >= 0.3 is 0 Å². The van der Waals surface area contributed by atoms with Gasteiger partial charge in [-0.15, -0.1) is 0 Å². The molecule has 0 bridgehead atoms. The van der Waals surface area contributed by atoms with Crippen LogP contribution in [0.1, 0.15) is 10.5 Å². The summed E-state index contributed by atoms with van der Waals surface area (Å²) in [5.74, 6) is 0.320. The SMILES string of the molecule is COc1ccc(-n2nc(C(=O)N3CC(O)C3)cc2-c2ccccc2)cn1. The molecule has 0 spiro atoms. The molecule has 0 atom stereocenters. The Kier molecular flexibility index (Phi) is 4.14. The summed E-state index contributed by atoms with van der Waals surface area (Å²) in [6.07, 6.45) is 1.21. The highest BCUT2D eigenvalue weighted by Gasteiger charge is 2.31. The van der Waals surface area contributed by atoms with Gasteiger partial charge in [-0.05, 0) is 12.1 Å². The number of carbonyl (C=O) groups excluding carboxylic acids is 1. The van der Waals surface area contributed by atoms with Crippen molar-refractivity contribution in [2.24, 2.45) is 0 Å². The van der Waals surface area contributed by atoms with Crippen molar-refractivity contribution in [2.45, 2.75) is 6.10 Å². The van der Waals surface area contributed by atoms with Crippen LogP contribution in [0.15, 0.2) is 54.7 Å². The van der Waals surface area contributed by atoms with Crippen molar-refractivity contribution < 1.29 is 14.6 Å². The minimum absolute atomic E-state index is 0.187. The fourth-order valence-corrected chi connectivity index (χ4v) is 2.90. The molecule has 132 valence electrons. The molecule has 1 N–H and O–H groups in total. The van der Waals surface area contributed by atoms with Crippen LogP contribution in [0.5, 0.6) is 5.88 Å². The highest BCUT2D eigenvalue weighted by Crippen LogP contribution is 2.25. The number of pyridine rings is 1. The second-order valence-corrected chi connectivity index (χ2v) is 6.12. The summed E-state index contributed by atoms with van der Waals surface area (Å²) in [6, 6.07) is 15.1. The van der Waals surface area contributed by atoms with E-state index in [9.17, 15) is 9.90 Å². The van der Waals surface area contributed by atoms with Crippen LogP contribution in [0.25, 0.3) is 16.9 Å². The monoisotopic (exact) mass is 350 g/mol. The lowest BCUT2D eigenvalue weighted by Crippen LogP contribution is -2.53. The molecule has 0 saturated carbocycles. The van der Waals surface area contributed by atoms with Crippen molar-refractivity contribution in [3.8, 4) is 22.8 Å². The van der Waals surface area contributed by atoms with Crippen LogP contribution < -0.4 is 4.74 Å². The minimum atomic E-state index is -0.444. The Labute approximate surface area is 150 Å². The Morgan fingerprint density at radius 2 is 1.96 bits per heavy atom. The zero-order valence-corrected chi connectivity index (χ0v) is 14.2. The van der Waals surface area contributed by atoms with E-state index in [-0.39, 0.29) is 5.91 Å². The van der Waals surface area contributed by atoms with Crippen LogP contribution >= 0.6 is 0 Å². The predicted molar refractivity (Wildman–Crippen MR) is 95.3 cm³/mol. The number of hydrogen-bond donors (Lipinski definition) is 1. The lowest BCUT2D eigenvalue weighted by Gasteiger charge is -2.35. The number of carbonyl (C=O) groups is 1. The van der Waals surface area contributed by atoms with Crippen LogP contribution in [0, 0.1) is 0 Å². The van der Waals surface area contributed by atoms with Gasteiger partial charge in [-0.25, -0.2) is 9.67 Å². The van der Waals surface area contributed by atoms with Gasteiger partial charge in [0.1, 0.15) is 0 Å². The summed E-state index contributed by atoms with van der Waals surface area (Å²) >= 11 is 0. The highest BCUT2D eigenvalue weighted by molar-refractivity contribution is 5.94. The summed E-state index contributed by atoms with van der Waals surface area (Å²) in [6.45, 7) is 0.687. The number of rotatable bonds is 4. The van der Waals surface area contributed by atoms with Gasteiger partial charge in [0.25, 0.3) is 5.91 Å². The first kappa shape index (κ1) is 16.3. The molecule has 2 aromatic heterocycles. The highest BCUT2D eigenvalue weighted by atomic mass is 16.5. The van der Waals surface area contributed by atoms with E-state index in [1.807, 2.05) is 36.4 Å². The van der Waals surface area contributed by atoms with Crippen LogP contribution in [0.4, 0.5) is 0 Å². The van der Waals surface area contributed by atoms with Crippen molar-refractivity contribution >= 4 is 5.91 Å². The van der Waals surface area contributed by atoms with E-state index in [4.69, 9.17) is 4.74 Å². The van der Waals surface area contributed by atoms with Gasteiger partial charge in [0.2, 0.25) is 5.88 Å². The zero-order chi connectivity index (χ0) is 18.1. The van der Waals surface area contributed by atoms with Gasteiger partial charge in [-0.3, -0.25) is 4.79 Å². The molecule has 1 aliphatic heterocycles. The number of aromatic nitrogens is 3. The van der Waals surface area contributed by atoms with Crippen LogP contribution in [0.3, 0.4) is 0 Å². The average molecular weight is 350 g/mol. The van der Waals surface area contributed by atoms with Crippen molar-refractivity contribution in [3.63, 3.8) is 0 Å². The Morgan fingerprint density at radius 3 is 2.58 bits per heavy atom. The van der Waals surface area contributed by atoms with E-state index < -0.39 is 6.10 Å². The van der Waals surface area contributed by atoms with Gasteiger partial charge in [-0.1, -0.05) is 30.3 Å². The predicted octanol–water partition coefficient (Wildman–Crippen LogP) is 1.76. The second kappa shape index (κ2) is 6.61. The van der Waals surface area contributed by atoms with Crippen LogP contribution in [-0.4, -0.2) is 57.0 Å². The number of methoxy groups -OCH3 is 1. The smallest absolute Gasteiger partial charge is 0.274 e. The Morgan fingerprint density at radius 1 is 1.19 bits per heavy atom. The summed E-state index contributed by atoms with van der Waals surface area (Å²) in [5, 5.41) is 13.9. The number of benzene rings is 1. The molecule has 1 aromatic carbocycles. The van der Waals surface area contributed by atoms with E-state index >= 15 is 0 Å². The molecule has 1 aliphatic rings. The molecule has 1 fully saturated rings. The first-order valence-corrected chi connectivity index (χ1v) is 8.29. The first-order chi connectivity index (χ1) is 12.7. The summed E-state index contributed by atoms with van der Waals surface area (Å²) in [7, 11) is 1.56. The van der Waals surface area contributed by atoms with Crippen molar-refractivity contribution in [1.29, 1.82) is 0 Å². The van der Waals surface area contributed by atoms with Crippen molar-refractivity contribution in [2.75, 3.05) is 20.2 Å². The minimum Gasteiger partial charge on any atom is -0.481 e. The number of likely N-dealkylation sites (tertiary alicyclic amines) is 1. The van der Waals surface area contributed by atoms with E-state index in [1.54, 1.807) is 35.0 Å². The number of ether oxygens (including phenoxy) is 1. The summed E-state index contributed by atoms with van der Waals surface area (Å²) in [4.78, 5) is 18.4. The maximum Gasteiger partial charge on any atom is 0.274 e. The fraction of sp³-hybridized carbons (Fsp3) is 0.211. The van der Waals surface area contributed by atoms with Crippen LogP contribution in [-0.2, 0) is 0 Å². The Hall–Kier alpha value is -3.19. The lowest BCUT2D eigenvalue weighted by atomic mass is 10.1. The number of β-amino-alcohol motifs (C(OH)–C–C–N with tert-alkyl or cyclic N) is 1. The standard InChI is InChI=1S/C19H18N4O3/c1-26-18-8-7-14(10-20-18)23-17(13-5-3-2-4-6-13)9-16(21-23)19(25)22-11-15(24)12-22/h2-10,15,24H,11-12H2,1H3. The van der Waals surface area contributed by atoms with E-state index in [1.165, 1.54) is 0 Å². The van der Waals surface area contributed by atoms with Gasteiger partial charge in [-0.2, -0.15) is 5.10 Å². The molecule has 0 radical (unpaired) electrons. The fourth-order valence-electron chi connectivity index (χ4n) is 2.90. The normalized spacial score (nSPS) is 14.2. The summed E-state index contributed by atoms with van der Waals surface area (Å²) < 4.78 is 6.80. The summed E-state index contributed by atoms with van der Waals surface area (Å²) in [5.41, 5.74) is 2.81. The number of amides is 1. The second-order valence-electron chi connectivity index (χ2n) is 6.12. The molecular weight excluding hydrogens is 332 g/mol. The number of aliphatic hydroxyl groups excluding tert-OH is 1. The molecule has 7 heteroatoms. The average Bonchev–Trinajstić information content (AvgIpc) is 3.11. The number of hydrogen-bond acceptors (Lipinski definition) is 5. The third-order valence-corrected chi connectivity index (χ3v) is 4.32. The molecule has 3 aromatic rings. The van der Waals surface area contributed by atoms with Gasteiger partial charge in [0.15, 0.2) is 5.69 Å². The zero-order valence-electron chi connectivity index (χ0n) is 14.2. The van der Waals surface area contributed by atoms with Crippen molar-refractivity contribution in [3.05, 3.63) is 60.4 Å². The largest absolute Gasteiger partial charge is 0.481 e. The number of nitrogens with zero attached hydrogens (tertiary/aromatic N) is 4. The van der Waals surface area contributed by atoms with Crippen LogP contribution in [0.2, 0.25) is 0 Å². The molecule has 4 rings (SSSR count). The Balaban J connectivity index is 1.76.